The Morgan fingerprint density at radius 1 is 1.03 bits per heavy atom. The summed E-state index contributed by atoms with van der Waals surface area (Å²) < 4.78 is 5.94. The minimum Gasteiger partial charge on any atom is -0.489 e. The summed E-state index contributed by atoms with van der Waals surface area (Å²) in [6, 6.07) is 21.4. The molecule has 0 aliphatic carbocycles. The third-order valence-corrected chi connectivity index (χ3v) is 6.15. The van der Waals surface area contributed by atoms with E-state index in [1.54, 1.807) is 18.7 Å². The molecule has 0 aromatic heterocycles. The van der Waals surface area contributed by atoms with Gasteiger partial charge >= 0.3 is 0 Å². The van der Waals surface area contributed by atoms with Crippen LogP contribution in [-0.4, -0.2) is 22.5 Å². The molecule has 3 N–H and O–H groups in total. The van der Waals surface area contributed by atoms with Crippen LogP contribution in [-0.2, 0) is 13.0 Å². The van der Waals surface area contributed by atoms with Crippen LogP contribution in [0.4, 0.5) is 5.69 Å². The van der Waals surface area contributed by atoms with Crippen molar-refractivity contribution in [1.29, 1.82) is 0 Å². The largest absolute Gasteiger partial charge is 0.489 e. The van der Waals surface area contributed by atoms with E-state index in [-0.39, 0.29) is 0 Å². The van der Waals surface area contributed by atoms with Crippen LogP contribution < -0.4 is 10.1 Å². The van der Waals surface area contributed by atoms with Crippen molar-refractivity contribution in [2.24, 2.45) is 0 Å². The van der Waals surface area contributed by atoms with E-state index < -0.39 is 12.3 Å². The van der Waals surface area contributed by atoms with Gasteiger partial charge in [-0.2, -0.15) is 0 Å². The summed E-state index contributed by atoms with van der Waals surface area (Å²) in [4.78, 5) is 1.91. The lowest BCUT2D eigenvalue weighted by Gasteiger charge is -2.21. The van der Waals surface area contributed by atoms with Crippen molar-refractivity contribution in [2.45, 2.75) is 49.0 Å². The van der Waals surface area contributed by atoms with E-state index >= 15 is 0 Å². The van der Waals surface area contributed by atoms with E-state index in [0.717, 1.165) is 33.1 Å². The zero-order valence-electron chi connectivity index (χ0n) is 17.0. The quantitative estimate of drug-likeness (QED) is 0.368. The lowest BCUT2D eigenvalue weighted by Crippen LogP contribution is -2.30. The number of benzene rings is 3. The van der Waals surface area contributed by atoms with Crippen LogP contribution in [0.1, 0.15) is 25.0 Å². The van der Waals surface area contributed by atoms with E-state index in [0.29, 0.717) is 17.3 Å². The van der Waals surface area contributed by atoms with E-state index in [2.05, 4.69) is 5.32 Å². The first-order valence-electron chi connectivity index (χ1n) is 9.86. The van der Waals surface area contributed by atoms with Crippen molar-refractivity contribution in [1.82, 2.24) is 0 Å². The van der Waals surface area contributed by atoms with Crippen LogP contribution in [0.2, 0.25) is 5.02 Å². The molecule has 3 aromatic rings. The Hall–Kier alpha value is -2.18. The number of aliphatic hydroxyl groups excluding tert-OH is 1. The van der Waals surface area contributed by atoms with Gasteiger partial charge in [-0.05, 0) is 48.7 Å². The van der Waals surface area contributed by atoms with Gasteiger partial charge in [0.15, 0.2) is 6.29 Å². The molecule has 0 aliphatic heterocycles. The van der Waals surface area contributed by atoms with Crippen LogP contribution in [0, 0.1) is 0 Å². The third kappa shape index (κ3) is 5.92. The first kappa shape index (κ1) is 22.5. The number of nitrogens with one attached hydrogen (secondary N) is 1. The van der Waals surface area contributed by atoms with Gasteiger partial charge in [-0.25, -0.2) is 0 Å². The highest BCUT2D eigenvalue weighted by molar-refractivity contribution is 7.99. The smallest absolute Gasteiger partial charge is 0.171 e. The maximum atomic E-state index is 9.50. The molecule has 30 heavy (non-hydrogen) atoms. The highest BCUT2D eigenvalue weighted by Gasteiger charge is 2.17. The van der Waals surface area contributed by atoms with Gasteiger partial charge in [0.05, 0.1) is 16.8 Å². The number of rotatable bonds is 9. The minimum absolute atomic E-state index is 0.505. The van der Waals surface area contributed by atoms with E-state index in [9.17, 15) is 10.2 Å². The van der Waals surface area contributed by atoms with Crippen molar-refractivity contribution in [3.05, 3.63) is 82.9 Å². The predicted octanol–water partition coefficient (Wildman–Crippen LogP) is 5.74. The molecule has 0 saturated heterocycles. The molecule has 0 aliphatic rings. The minimum atomic E-state index is -1.49. The SMILES string of the molecule is CCc1ccc(Sc2cccc(OCc3ccccc3)c2)c(NC(C)C(O)O)c1Cl. The molecule has 0 spiro atoms. The van der Waals surface area contributed by atoms with E-state index in [4.69, 9.17) is 16.3 Å². The fraction of sp³-hybridized carbons (Fsp3) is 0.250. The van der Waals surface area contributed by atoms with Crippen molar-refractivity contribution < 1.29 is 14.9 Å². The number of aryl methyl sites for hydroxylation is 1. The second-order valence-corrected chi connectivity index (χ2v) is 8.46. The van der Waals surface area contributed by atoms with E-state index in [1.165, 1.54) is 0 Å². The van der Waals surface area contributed by atoms with Gasteiger partial charge in [-0.15, -0.1) is 0 Å². The molecule has 6 heteroatoms. The summed E-state index contributed by atoms with van der Waals surface area (Å²) in [5.41, 5.74) is 2.82. The molecule has 4 nitrogen and oxygen atoms in total. The first-order chi connectivity index (χ1) is 14.5. The third-order valence-electron chi connectivity index (χ3n) is 4.67. The van der Waals surface area contributed by atoms with Gasteiger partial charge in [-0.1, -0.05) is 72.8 Å². The molecule has 0 fully saturated rings. The van der Waals surface area contributed by atoms with Gasteiger partial charge in [0, 0.05) is 9.79 Å². The lowest BCUT2D eigenvalue weighted by molar-refractivity contribution is -0.0492. The molecular formula is C24H26ClNO3S. The van der Waals surface area contributed by atoms with Gasteiger partial charge in [0.25, 0.3) is 0 Å². The monoisotopic (exact) mass is 443 g/mol. The fourth-order valence-electron chi connectivity index (χ4n) is 2.89. The Morgan fingerprint density at radius 3 is 2.50 bits per heavy atom. The average Bonchev–Trinajstić information content (AvgIpc) is 2.75. The molecule has 3 aromatic carbocycles. The van der Waals surface area contributed by atoms with Gasteiger partial charge in [-0.3, -0.25) is 0 Å². The number of aliphatic hydroxyl groups is 2. The standard InChI is InChI=1S/C24H26ClNO3S/c1-3-18-12-13-21(23(22(18)25)26-16(2)24(27)28)30-20-11-7-10-19(14-20)29-15-17-8-5-4-6-9-17/h4-14,16,24,26-28H,3,15H2,1-2H3. The van der Waals surface area contributed by atoms with Gasteiger partial charge in [0.2, 0.25) is 0 Å². The first-order valence-corrected chi connectivity index (χ1v) is 11.1. The number of hydrogen-bond donors (Lipinski definition) is 3. The van der Waals surface area contributed by atoms with Crippen molar-refractivity contribution >= 4 is 29.1 Å². The molecule has 3 rings (SSSR count). The Balaban J connectivity index is 1.80. The summed E-state index contributed by atoms with van der Waals surface area (Å²) >= 11 is 8.16. The van der Waals surface area contributed by atoms with Crippen LogP contribution in [0.5, 0.6) is 5.75 Å². The Morgan fingerprint density at radius 2 is 1.80 bits per heavy atom. The predicted molar refractivity (Wildman–Crippen MR) is 123 cm³/mol. The highest BCUT2D eigenvalue weighted by atomic mass is 35.5. The van der Waals surface area contributed by atoms with Gasteiger partial charge in [0.1, 0.15) is 12.4 Å². The average molecular weight is 444 g/mol. The highest BCUT2D eigenvalue weighted by Crippen LogP contribution is 2.40. The normalized spacial score (nSPS) is 12.1. The Bertz CT molecular complexity index is 966. The maximum absolute atomic E-state index is 9.50. The summed E-state index contributed by atoms with van der Waals surface area (Å²) in [5.74, 6) is 0.786. The van der Waals surface area contributed by atoms with Crippen LogP contribution in [0.15, 0.2) is 76.5 Å². The molecule has 0 radical (unpaired) electrons. The van der Waals surface area contributed by atoms with Crippen LogP contribution >= 0.6 is 23.4 Å². The van der Waals surface area contributed by atoms with Crippen molar-refractivity contribution in [2.75, 3.05) is 5.32 Å². The zero-order valence-corrected chi connectivity index (χ0v) is 18.6. The second-order valence-electron chi connectivity index (χ2n) is 6.96. The number of hydrogen-bond acceptors (Lipinski definition) is 5. The van der Waals surface area contributed by atoms with Crippen LogP contribution in [0.3, 0.4) is 0 Å². The summed E-state index contributed by atoms with van der Waals surface area (Å²) in [6.45, 7) is 4.24. The fourth-order valence-corrected chi connectivity index (χ4v) is 4.28. The second kappa shape index (κ2) is 10.7. The van der Waals surface area contributed by atoms with E-state index in [1.807, 2.05) is 73.7 Å². The van der Waals surface area contributed by atoms with Crippen molar-refractivity contribution in [3.63, 3.8) is 0 Å². The summed E-state index contributed by atoms with van der Waals surface area (Å²) in [5, 5.41) is 22.7. The molecule has 0 amide bonds. The summed E-state index contributed by atoms with van der Waals surface area (Å²) in [7, 11) is 0. The maximum Gasteiger partial charge on any atom is 0.171 e. The van der Waals surface area contributed by atoms with Crippen LogP contribution in [0.25, 0.3) is 0 Å². The Kier molecular flexibility index (Phi) is 8.05. The molecule has 158 valence electrons. The molecular weight excluding hydrogens is 418 g/mol. The topological polar surface area (TPSA) is 61.7 Å². The zero-order chi connectivity index (χ0) is 21.5. The molecule has 0 bridgehead atoms. The van der Waals surface area contributed by atoms with Gasteiger partial charge < -0.3 is 20.3 Å². The van der Waals surface area contributed by atoms with Crippen molar-refractivity contribution in [3.8, 4) is 5.75 Å². The number of ether oxygens (including phenoxy) is 1. The Labute approximate surface area is 186 Å². The molecule has 0 heterocycles. The molecule has 0 saturated carbocycles. The lowest BCUT2D eigenvalue weighted by atomic mass is 10.1. The number of anilines is 1. The molecule has 1 atom stereocenters. The number of halogens is 1. The summed E-state index contributed by atoms with van der Waals surface area (Å²) in [6.07, 6.45) is -0.698. The molecule has 1 unspecified atom stereocenters.